The van der Waals surface area contributed by atoms with Crippen LogP contribution in [0.3, 0.4) is 0 Å². The molecule has 0 aliphatic carbocycles. The van der Waals surface area contributed by atoms with Crippen molar-refractivity contribution >= 4 is 39.0 Å². The molecule has 0 radical (unpaired) electrons. The lowest BCUT2D eigenvalue weighted by atomic mass is 10.00. The number of allylic oxidation sites excluding steroid dienone is 1. The van der Waals surface area contributed by atoms with Gasteiger partial charge in [-0.15, -0.1) is 0 Å². The van der Waals surface area contributed by atoms with Gasteiger partial charge in [0.1, 0.15) is 17.1 Å². The molecule has 1 aliphatic rings. The van der Waals surface area contributed by atoms with Gasteiger partial charge in [0.05, 0.1) is 18.8 Å². The van der Waals surface area contributed by atoms with E-state index in [9.17, 15) is 4.79 Å². The van der Waals surface area contributed by atoms with Gasteiger partial charge in [-0.3, -0.25) is 4.79 Å². The molecule has 7 heteroatoms. The Bertz CT molecular complexity index is 1390. The Morgan fingerprint density at radius 3 is 2.42 bits per heavy atom. The quantitative estimate of drug-likeness (QED) is 0.266. The average Bonchev–Trinajstić information content (AvgIpc) is 3.34. The maximum absolute atomic E-state index is 13.3. The molecule has 182 valence electrons. The topological polar surface area (TPSA) is 68.2 Å². The third-order valence-corrected chi connectivity index (χ3v) is 6.72. The predicted octanol–water partition coefficient (Wildman–Crippen LogP) is 6.92. The Balaban J connectivity index is 1.49. The van der Waals surface area contributed by atoms with Gasteiger partial charge in [0.2, 0.25) is 0 Å². The number of carbonyl (C=O) groups is 1. The number of benzene rings is 3. The van der Waals surface area contributed by atoms with E-state index in [1.165, 1.54) is 5.56 Å². The van der Waals surface area contributed by atoms with E-state index >= 15 is 0 Å². The fourth-order valence-electron chi connectivity index (χ4n) is 4.25. The molecule has 2 heterocycles. The molecule has 1 aliphatic heterocycles. The molecule has 1 atom stereocenters. The zero-order chi connectivity index (χ0) is 25.1. The SMILES string of the molecule is CCOc1ccc(NC(=O)c2cnn3c2NC(c2ccc(CC)cc2)=C[C@@H]3c2ccc(Br)cc2)cc1. The summed E-state index contributed by atoms with van der Waals surface area (Å²) in [5, 5.41) is 11.1. The van der Waals surface area contributed by atoms with Crippen LogP contribution in [0.15, 0.2) is 89.5 Å². The minimum atomic E-state index is -0.231. The van der Waals surface area contributed by atoms with Crippen LogP contribution in [0, 0.1) is 0 Å². The van der Waals surface area contributed by atoms with E-state index in [-0.39, 0.29) is 11.9 Å². The highest BCUT2D eigenvalue weighted by Gasteiger charge is 2.28. The van der Waals surface area contributed by atoms with E-state index in [1.54, 1.807) is 6.20 Å². The smallest absolute Gasteiger partial charge is 0.261 e. The molecule has 0 saturated heterocycles. The summed E-state index contributed by atoms with van der Waals surface area (Å²) in [5.41, 5.74) is 5.51. The molecule has 5 rings (SSSR count). The van der Waals surface area contributed by atoms with E-state index in [1.807, 2.05) is 48.0 Å². The average molecular weight is 543 g/mol. The third-order valence-electron chi connectivity index (χ3n) is 6.19. The first-order valence-electron chi connectivity index (χ1n) is 12.0. The minimum absolute atomic E-state index is 0.165. The fraction of sp³-hybridized carbons (Fsp3) is 0.172. The molecule has 6 nitrogen and oxygen atoms in total. The van der Waals surface area contributed by atoms with Crippen molar-refractivity contribution in [2.75, 3.05) is 17.2 Å². The standard InChI is InChI=1S/C29H27BrN4O2/c1-3-19-5-7-20(8-6-19)26-17-27(21-9-11-22(30)12-10-21)34-28(33-26)25(18-31-34)29(35)32-23-13-15-24(16-14-23)36-4-2/h5-18,27,33H,3-4H2,1-2H3,(H,32,35)/t27-/m1/s1. The van der Waals surface area contributed by atoms with Gasteiger partial charge in [0.15, 0.2) is 0 Å². The normalized spacial score (nSPS) is 14.4. The van der Waals surface area contributed by atoms with Gasteiger partial charge in [-0.1, -0.05) is 59.3 Å². The van der Waals surface area contributed by atoms with E-state index in [0.29, 0.717) is 23.7 Å². The Labute approximate surface area is 219 Å². The second-order valence-corrected chi connectivity index (χ2v) is 9.43. The van der Waals surface area contributed by atoms with Crippen LogP contribution in [0.25, 0.3) is 5.70 Å². The van der Waals surface area contributed by atoms with Crippen LogP contribution >= 0.6 is 15.9 Å². The number of hydrogen-bond donors (Lipinski definition) is 2. The number of ether oxygens (including phenoxy) is 1. The van der Waals surface area contributed by atoms with Crippen molar-refractivity contribution in [3.8, 4) is 5.75 Å². The van der Waals surface area contributed by atoms with Gasteiger partial charge in [-0.2, -0.15) is 5.10 Å². The number of aryl methyl sites for hydroxylation is 1. The van der Waals surface area contributed by atoms with Crippen molar-refractivity contribution in [2.45, 2.75) is 26.3 Å². The van der Waals surface area contributed by atoms with E-state index < -0.39 is 0 Å². The van der Waals surface area contributed by atoms with Crippen molar-refractivity contribution in [3.63, 3.8) is 0 Å². The Morgan fingerprint density at radius 1 is 1.03 bits per heavy atom. The van der Waals surface area contributed by atoms with Crippen molar-refractivity contribution in [2.24, 2.45) is 0 Å². The monoisotopic (exact) mass is 542 g/mol. The highest BCUT2D eigenvalue weighted by atomic mass is 79.9. The lowest BCUT2D eigenvalue weighted by Gasteiger charge is -2.26. The first-order valence-corrected chi connectivity index (χ1v) is 12.8. The Morgan fingerprint density at radius 2 is 1.75 bits per heavy atom. The number of rotatable bonds is 7. The Hall–Kier alpha value is -3.84. The molecule has 0 bridgehead atoms. The lowest BCUT2D eigenvalue weighted by Crippen LogP contribution is -2.22. The van der Waals surface area contributed by atoms with Crippen molar-refractivity contribution in [1.29, 1.82) is 0 Å². The summed E-state index contributed by atoms with van der Waals surface area (Å²) >= 11 is 3.52. The summed E-state index contributed by atoms with van der Waals surface area (Å²) in [6.45, 7) is 4.68. The van der Waals surface area contributed by atoms with E-state index in [0.717, 1.165) is 33.5 Å². The number of anilines is 2. The highest BCUT2D eigenvalue weighted by molar-refractivity contribution is 9.10. The third kappa shape index (κ3) is 4.93. The maximum Gasteiger partial charge on any atom is 0.261 e. The van der Waals surface area contributed by atoms with Crippen molar-refractivity contribution in [1.82, 2.24) is 9.78 Å². The van der Waals surface area contributed by atoms with Gasteiger partial charge in [-0.25, -0.2) is 4.68 Å². The largest absolute Gasteiger partial charge is 0.494 e. The first-order chi connectivity index (χ1) is 17.6. The van der Waals surface area contributed by atoms with E-state index in [4.69, 9.17) is 4.74 Å². The zero-order valence-electron chi connectivity index (χ0n) is 20.2. The molecule has 2 N–H and O–H groups in total. The molecular weight excluding hydrogens is 516 g/mol. The molecule has 1 amide bonds. The summed E-state index contributed by atoms with van der Waals surface area (Å²) < 4.78 is 8.37. The van der Waals surface area contributed by atoms with Gasteiger partial charge in [0.25, 0.3) is 5.91 Å². The number of carbonyl (C=O) groups excluding carboxylic acids is 1. The van der Waals surface area contributed by atoms with Gasteiger partial charge in [0, 0.05) is 15.9 Å². The van der Waals surface area contributed by atoms with Crippen LogP contribution < -0.4 is 15.4 Å². The van der Waals surface area contributed by atoms with Gasteiger partial charge < -0.3 is 15.4 Å². The van der Waals surface area contributed by atoms with Gasteiger partial charge in [-0.05, 0) is 72.5 Å². The second-order valence-electron chi connectivity index (χ2n) is 8.52. The van der Waals surface area contributed by atoms with Gasteiger partial charge >= 0.3 is 0 Å². The van der Waals surface area contributed by atoms with E-state index in [2.05, 4.69) is 81.1 Å². The molecule has 3 aromatic carbocycles. The number of nitrogens with one attached hydrogen (secondary N) is 2. The van der Waals surface area contributed by atoms with Crippen LogP contribution in [-0.4, -0.2) is 22.3 Å². The number of amides is 1. The Kier molecular flexibility index (Phi) is 6.91. The van der Waals surface area contributed by atoms with Crippen LogP contribution in [-0.2, 0) is 6.42 Å². The van der Waals surface area contributed by atoms with Crippen LogP contribution in [0.4, 0.5) is 11.5 Å². The first kappa shape index (κ1) is 23.9. The molecule has 0 spiro atoms. The molecular formula is C29H27BrN4O2. The summed E-state index contributed by atoms with van der Waals surface area (Å²) in [7, 11) is 0. The summed E-state index contributed by atoms with van der Waals surface area (Å²) in [6.07, 6.45) is 4.75. The number of nitrogens with zero attached hydrogens (tertiary/aromatic N) is 2. The molecule has 4 aromatic rings. The lowest BCUT2D eigenvalue weighted by molar-refractivity contribution is 0.102. The van der Waals surface area contributed by atoms with Crippen molar-refractivity contribution < 1.29 is 9.53 Å². The van der Waals surface area contributed by atoms with Crippen LogP contribution in [0.5, 0.6) is 5.75 Å². The highest BCUT2D eigenvalue weighted by Crippen LogP contribution is 2.36. The zero-order valence-corrected chi connectivity index (χ0v) is 21.7. The number of fused-ring (bicyclic) bond motifs is 1. The molecule has 0 unspecified atom stereocenters. The summed E-state index contributed by atoms with van der Waals surface area (Å²) in [6, 6.07) is 23.9. The molecule has 1 aromatic heterocycles. The van der Waals surface area contributed by atoms with Crippen LogP contribution in [0.2, 0.25) is 0 Å². The summed E-state index contributed by atoms with van der Waals surface area (Å²) in [5.74, 6) is 1.19. The second kappa shape index (κ2) is 10.4. The maximum atomic E-state index is 13.3. The fourth-order valence-corrected chi connectivity index (χ4v) is 4.51. The molecule has 0 fully saturated rings. The molecule has 0 saturated carbocycles. The number of halogens is 1. The minimum Gasteiger partial charge on any atom is -0.494 e. The molecule has 36 heavy (non-hydrogen) atoms. The predicted molar refractivity (Wildman–Crippen MR) is 147 cm³/mol. The van der Waals surface area contributed by atoms with Crippen molar-refractivity contribution in [3.05, 3.63) is 112 Å². The number of aromatic nitrogens is 2. The summed E-state index contributed by atoms with van der Waals surface area (Å²) in [4.78, 5) is 13.3. The van der Waals surface area contributed by atoms with Crippen LogP contribution in [0.1, 0.15) is 46.9 Å². The number of hydrogen-bond acceptors (Lipinski definition) is 4.